The summed E-state index contributed by atoms with van der Waals surface area (Å²) in [6.45, 7) is -0.302. The summed E-state index contributed by atoms with van der Waals surface area (Å²) in [6.07, 6.45) is 0. The molecule has 2 aromatic carbocycles. The first kappa shape index (κ1) is 15.3. The van der Waals surface area contributed by atoms with Gasteiger partial charge in [-0.2, -0.15) is 0 Å². The maximum absolute atomic E-state index is 11.6. The number of hydrogen-bond donors (Lipinski definition) is 0. The Kier molecular flexibility index (Phi) is 4.92. The lowest BCUT2D eigenvalue weighted by atomic mass is 10.3. The molecule has 0 aliphatic carbocycles. The molecular weight excluding hydrogens is 290 g/mol. The van der Waals surface area contributed by atoms with Crippen molar-refractivity contribution in [2.24, 2.45) is 0 Å². The molecule has 0 radical (unpaired) electrons. The first-order valence-corrected chi connectivity index (χ1v) is 6.30. The summed E-state index contributed by atoms with van der Waals surface area (Å²) in [4.78, 5) is 21.6. The van der Waals surface area contributed by atoms with E-state index in [4.69, 9.17) is 14.2 Å². The molecule has 0 unspecified atom stereocenters. The number of ether oxygens (including phenoxy) is 3. The molecule has 7 heteroatoms. The zero-order valence-electron chi connectivity index (χ0n) is 11.7. The molecule has 0 amide bonds. The number of carbonyl (C=O) groups is 1. The second-order valence-electron chi connectivity index (χ2n) is 4.19. The Morgan fingerprint density at radius 3 is 2.09 bits per heavy atom. The summed E-state index contributed by atoms with van der Waals surface area (Å²) in [6, 6.07) is 12.0. The van der Waals surface area contributed by atoms with Crippen LogP contribution in [0.25, 0.3) is 0 Å². The molecule has 0 N–H and O–H groups in total. The standard InChI is InChI=1S/C15H13NO6/c1-20-12-6-8-14(9-7-12)22-15(17)10-21-13-4-2-11(3-5-13)16(18)19/h2-9H,10H2,1H3. The largest absolute Gasteiger partial charge is 0.497 e. The Bertz CT molecular complexity index is 651. The molecule has 0 aromatic heterocycles. The smallest absolute Gasteiger partial charge is 0.349 e. The minimum Gasteiger partial charge on any atom is -0.497 e. The molecule has 0 aliphatic rings. The van der Waals surface area contributed by atoms with Gasteiger partial charge < -0.3 is 14.2 Å². The fraction of sp³-hybridized carbons (Fsp3) is 0.133. The van der Waals surface area contributed by atoms with Crippen molar-refractivity contribution in [2.75, 3.05) is 13.7 Å². The monoisotopic (exact) mass is 303 g/mol. The van der Waals surface area contributed by atoms with Crippen LogP contribution in [0.3, 0.4) is 0 Å². The highest BCUT2D eigenvalue weighted by molar-refractivity contribution is 5.74. The Hall–Kier alpha value is -3.09. The van der Waals surface area contributed by atoms with E-state index in [1.54, 1.807) is 31.4 Å². The second kappa shape index (κ2) is 7.07. The van der Waals surface area contributed by atoms with Gasteiger partial charge in [0.05, 0.1) is 12.0 Å². The number of methoxy groups -OCH3 is 1. The summed E-state index contributed by atoms with van der Waals surface area (Å²) < 4.78 is 15.3. The SMILES string of the molecule is COc1ccc(OC(=O)COc2ccc([N+](=O)[O-])cc2)cc1. The lowest BCUT2D eigenvalue weighted by Gasteiger charge is -2.07. The number of nitro groups is 1. The lowest BCUT2D eigenvalue weighted by Crippen LogP contribution is -2.17. The van der Waals surface area contributed by atoms with E-state index in [-0.39, 0.29) is 12.3 Å². The maximum atomic E-state index is 11.6. The average molecular weight is 303 g/mol. The van der Waals surface area contributed by atoms with Crippen LogP contribution < -0.4 is 14.2 Å². The molecule has 0 saturated carbocycles. The van der Waals surface area contributed by atoms with E-state index >= 15 is 0 Å². The second-order valence-corrected chi connectivity index (χ2v) is 4.19. The number of hydrogen-bond acceptors (Lipinski definition) is 6. The molecule has 0 heterocycles. The first-order valence-electron chi connectivity index (χ1n) is 6.30. The van der Waals surface area contributed by atoms with E-state index < -0.39 is 10.9 Å². The minimum atomic E-state index is -0.580. The number of non-ortho nitro benzene ring substituents is 1. The molecule has 7 nitrogen and oxygen atoms in total. The van der Waals surface area contributed by atoms with Crippen molar-refractivity contribution >= 4 is 11.7 Å². The van der Waals surface area contributed by atoms with Gasteiger partial charge in [-0.3, -0.25) is 10.1 Å². The van der Waals surface area contributed by atoms with Crippen LogP contribution in [-0.4, -0.2) is 24.6 Å². The fourth-order valence-electron chi connectivity index (χ4n) is 1.61. The summed E-state index contributed by atoms with van der Waals surface area (Å²) >= 11 is 0. The molecule has 0 bridgehead atoms. The van der Waals surface area contributed by atoms with E-state index in [9.17, 15) is 14.9 Å². The van der Waals surface area contributed by atoms with Crippen LogP contribution in [0.5, 0.6) is 17.2 Å². The number of nitrogens with zero attached hydrogens (tertiary/aromatic N) is 1. The molecule has 0 fully saturated rings. The molecule has 2 aromatic rings. The zero-order valence-corrected chi connectivity index (χ0v) is 11.7. The third-order valence-electron chi connectivity index (χ3n) is 2.70. The van der Waals surface area contributed by atoms with Crippen LogP contribution in [0.4, 0.5) is 5.69 Å². The molecule has 0 spiro atoms. The van der Waals surface area contributed by atoms with Gasteiger partial charge in [-0.1, -0.05) is 0 Å². The summed E-state index contributed by atoms with van der Waals surface area (Å²) in [7, 11) is 1.54. The van der Waals surface area contributed by atoms with E-state index in [0.29, 0.717) is 17.2 Å². The summed E-state index contributed by atoms with van der Waals surface area (Å²) in [5, 5.41) is 10.5. The number of nitro benzene ring substituents is 1. The number of carbonyl (C=O) groups excluding carboxylic acids is 1. The number of rotatable bonds is 6. The van der Waals surface area contributed by atoms with Crippen molar-refractivity contribution in [2.45, 2.75) is 0 Å². The molecule has 0 saturated heterocycles. The van der Waals surface area contributed by atoms with Crippen LogP contribution in [0.15, 0.2) is 48.5 Å². The van der Waals surface area contributed by atoms with Crippen molar-refractivity contribution in [3.05, 3.63) is 58.6 Å². The molecule has 2 rings (SSSR count). The van der Waals surface area contributed by atoms with Gasteiger partial charge in [-0.05, 0) is 36.4 Å². The van der Waals surface area contributed by atoms with Crippen molar-refractivity contribution in [3.63, 3.8) is 0 Å². The molecular formula is C15H13NO6. The van der Waals surface area contributed by atoms with Gasteiger partial charge in [0.15, 0.2) is 6.61 Å². The van der Waals surface area contributed by atoms with E-state index in [0.717, 1.165) is 0 Å². The Labute approximate surface area is 126 Å². The highest BCUT2D eigenvalue weighted by atomic mass is 16.6. The molecule has 114 valence electrons. The average Bonchev–Trinajstić information content (AvgIpc) is 2.54. The fourth-order valence-corrected chi connectivity index (χ4v) is 1.61. The highest BCUT2D eigenvalue weighted by Gasteiger charge is 2.08. The lowest BCUT2D eigenvalue weighted by molar-refractivity contribution is -0.384. The van der Waals surface area contributed by atoms with Crippen molar-refractivity contribution in [1.82, 2.24) is 0 Å². The van der Waals surface area contributed by atoms with Crippen LogP contribution in [0.1, 0.15) is 0 Å². The van der Waals surface area contributed by atoms with E-state index in [2.05, 4.69) is 0 Å². The van der Waals surface area contributed by atoms with Gasteiger partial charge >= 0.3 is 5.97 Å². The normalized spacial score (nSPS) is 9.86. The molecule has 0 aliphatic heterocycles. The third-order valence-corrected chi connectivity index (χ3v) is 2.70. The summed E-state index contributed by atoms with van der Waals surface area (Å²) in [5.41, 5.74) is -0.0480. The van der Waals surface area contributed by atoms with Crippen molar-refractivity contribution in [3.8, 4) is 17.2 Å². The van der Waals surface area contributed by atoms with E-state index in [1.807, 2.05) is 0 Å². The quantitative estimate of drug-likeness (QED) is 0.353. The zero-order chi connectivity index (χ0) is 15.9. The van der Waals surface area contributed by atoms with Crippen LogP contribution in [0, 0.1) is 10.1 Å². The number of esters is 1. The van der Waals surface area contributed by atoms with Crippen molar-refractivity contribution in [1.29, 1.82) is 0 Å². The van der Waals surface area contributed by atoms with Gasteiger partial charge in [-0.15, -0.1) is 0 Å². The van der Waals surface area contributed by atoms with Gasteiger partial charge in [0.2, 0.25) is 0 Å². The predicted molar refractivity (Wildman–Crippen MR) is 77.2 cm³/mol. The van der Waals surface area contributed by atoms with E-state index in [1.165, 1.54) is 24.3 Å². The Morgan fingerprint density at radius 1 is 1.00 bits per heavy atom. The van der Waals surface area contributed by atoms with Crippen LogP contribution in [0.2, 0.25) is 0 Å². The maximum Gasteiger partial charge on any atom is 0.349 e. The Morgan fingerprint density at radius 2 is 1.55 bits per heavy atom. The highest BCUT2D eigenvalue weighted by Crippen LogP contribution is 2.19. The van der Waals surface area contributed by atoms with Crippen molar-refractivity contribution < 1.29 is 23.9 Å². The third kappa shape index (κ3) is 4.20. The minimum absolute atomic E-state index is 0.0480. The predicted octanol–water partition coefficient (Wildman–Crippen LogP) is 2.59. The molecule has 0 atom stereocenters. The first-order chi connectivity index (χ1) is 10.6. The van der Waals surface area contributed by atoms with Crippen LogP contribution >= 0.6 is 0 Å². The van der Waals surface area contributed by atoms with Gasteiger partial charge in [0.25, 0.3) is 5.69 Å². The van der Waals surface area contributed by atoms with Gasteiger partial charge in [-0.25, -0.2) is 4.79 Å². The molecule has 22 heavy (non-hydrogen) atoms. The Balaban J connectivity index is 1.85. The summed E-state index contributed by atoms with van der Waals surface area (Å²) in [5.74, 6) is 0.792. The van der Waals surface area contributed by atoms with Gasteiger partial charge in [0, 0.05) is 12.1 Å². The van der Waals surface area contributed by atoms with Gasteiger partial charge in [0.1, 0.15) is 17.2 Å². The topological polar surface area (TPSA) is 87.9 Å². The van der Waals surface area contributed by atoms with Crippen LogP contribution in [-0.2, 0) is 4.79 Å². The number of benzene rings is 2.